The second-order valence-electron chi connectivity index (χ2n) is 1.17. The molecule has 1 nitrogen and oxygen atoms in total. The Labute approximate surface area is 43.1 Å². The number of alkyl halides is 2. The Balaban J connectivity index is 3.79. The van der Waals surface area contributed by atoms with Crippen LogP contribution in [0.3, 0.4) is 0 Å². The van der Waals surface area contributed by atoms with Gasteiger partial charge in [0.15, 0.2) is 0 Å². The summed E-state index contributed by atoms with van der Waals surface area (Å²) in [7, 11) is -2.02. The molecule has 44 valence electrons. The molecule has 7 heavy (non-hydrogen) atoms. The molecule has 0 radical (unpaired) electrons. The summed E-state index contributed by atoms with van der Waals surface area (Å²) in [5.41, 5.74) is 0. The molecule has 0 bridgehead atoms. The van der Waals surface area contributed by atoms with Crippen LogP contribution < -0.4 is 0 Å². The third kappa shape index (κ3) is 2.70. The zero-order valence-corrected chi connectivity index (χ0v) is 4.63. The van der Waals surface area contributed by atoms with E-state index in [1.165, 1.54) is 0 Å². The highest BCUT2D eigenvalue weighted by Crippen LogP contribution is 2.29. The number of halogens is 2. The van der Waals surface area contributed by atoms with Gasteiger partial charge < -0.3 is 4.55 Å². The number of rotatable bonds is 1. The van der Waals surface area contributed by atoms with E-state index in [4.69, 9.17) is 4.55 Å². The Hall–Kier alpha value is 0.0400. The van der Waals surface area contributed by atoms with Crippen LogP contribution in [-0.2, 0) is 0 Å². The Kier molecular flexibility index (Phi) is 1.89. The quantitative estimate of drug-likeness (QED) is 0.533. The van der Waals surface area contributed by atoms with Crippen molar-refractivity contribution in [3.8, 4) is 0 Å². The normalized spacial score (nSPS) is 16.6. The molecule has 0 heterocycles. The molecule has 0 aliphatic rings. The van der Waals surface area contributed by atoms with Crippen LogP contribution >= 0.6 is 10.8 Å². The van der Waals surface area contributed by atoms with E-state index in [1.807, 2.05) is 0 Å². The lowest BCUT2D eigenvalue weighted by Gasteiger charge is -2.06. The molecule has 0 aromatic rings. The van der Waals surface area contributed by atoms with Gasteiger partial charge in [0.2, 0.25) is 0 Å². The summed E-state index contributed by atoms with van der Waals surface area (Å²) < 4.78 is 31.1. The molecule has 0 amide bonds. The van der Waals surface area contributed by atoms with Crippen molar-refractivity contribution >= 4 is 16.6 Å². The fourth-order valence-electron chi connectivity index (χ4n) is 0. The van der Waals surface area contributed by atoms with Crippen LogP contribution in [0, 0.1) is 0 Å². The van der Waals surface area contributed by atoms with Crippen LogP contribution in [0.1, 0.15) is 6.92 Å². The van der Waals surface area contributed by atoms with Gasteiger partial charge in [0, 0.05) is 6.92 Å². The van der Waals surface area contributed by atoms with Gasteiger partial charge in [-0.1, -0.05) is 0 Å². The summed E-state index contributed by atoms with van der Waals surface area (Å²) in [6.45, 7) is 0.628. The molecule has 1 atom stereocenters. The largest absolute Gasteiger partial charge is 0.333 e. The monoisotopic (exact) mass is 128 g/mol. The highest BCUT2D eigenvalue weighted by Gasteiger charge is 2.22. The van der Waals surface area contributed by atoms with Crippen molar-refractivity contribution in [1.82, 2.24) is 0 Å². The molecule has 0 saturated carbocycles. The van der Waals surface area contributed by atoms with E-state index >= 15 is 0 Å². The molecule has 0 aliphatic heterocycles. The topological polar surface area (TPSA) is 20.2 Å². The maximum Gasteiger partial charge on any atom is 0.307 e. The summed E-state index contributed by atoms with van der Waals surface area (Å²) >= 11 is 0. The van der Waals surface area contributed by atoms with Gasteiger partial charge in [-0.15, -0.1) is 0 Å². The molecule has 0 aliphatic carbocycles. The Morgan fingerprint density at radius 1 is 1.71 bits per heavy atom. The van der Waals surface area contributed by atoms with Gasteiger partial charge in [-0.3, -0.25) is 0 Å². The Morgan fingerprint density at radius 3 is 1.86 bits per heavy atom. The van der Waals surface area contributed by atoms with Gasteiger partial charge in [-0.05, 0) is 16.6 Å². The van der Waals surface area contributed by atoms with E-state index < -0.39 is 16.0 Å². The van der Waals surface area contributed by atoms with Gasteiger partial charge >= 0.3 is 5.25 Å². The average Bonchev–Trinajstić information content (AvgIpc) is 1.31. The van der Waals surface area contributed by atoms with Gasteiger partial charge in [-0.25, -0.2) is 0 Å². The first-order valence-electron chi connectivity index (χ1n) is 1.55. The van der Waals surface area contributed by atoms with Crippen molar-refractivity contribution in [2.24, 2.45) is 0 Å². The molecular weight excluding hydrogens is 122 g/mol. The van der Waals surface area contributed by atoms with E-state index in [0.29, 0.717) is 6.92 Å². The second-order valence-corrected chi connectivity index (χ2v) is 2.62. The Bertz CT molecular complexity index is 85.4. The first-order valence-corrected chi connectivity index (χ1v) is 2.90. The predicted molar refractivity (Wildman–Crippen MR) is 28.0 cm³/mol. The average molecular weight is 128 g/mol. The zero-order chi connectivity index (χ0) is 6.08. The molecule has 0 aromatic heterocycles. The zero-order valence-electron chi connectivity index (χ0n) is 3.82. The highest BCUT2D eigenvalue weighted by molar-refractivity contribution is 8.10. The van der Waals surface area contributed by atoms with Crippen LogP contribution in [0.15, 0.2) is 0 Å². The van der Waals surface area contributed by atoms with Crippen molar-refractivity contribution in [3.05, 3.63) is 0 Å². The Morgan fingerprint density at radius 2 is 1.86 bits per heavy atom. The number of hydrogen-bond acceptors (Lipinski definition) is 1. The third-order valence-corrected chi connectivity index (χ3v) is 1.24. The molecule has 0 rings (SSSR count). The lowest BCUT2D eigenvalue weighted by Crippen LogP contribution is -2.03. The van der Waals surface area contributed by atoms with Crippen LogP contribution in [0.4, 0.5) is 8.78 Å². The van der Waals surface area contributed by atoms with Crippen molar-refractivity contribution in [1.29, 1.82) is 0 Å². The minimum absolute atomic E-state index is 0.628. The van der Waals surface area contributed by atoms with Crippen molar-refractivity contribution in [2.75, 3.05) is 0 Å². The van der Waals surface area contributed by atoms with E-state index in [0.717, 1.165) is 0 Å². The lowest BCUT2D eigenvalue weighted by atomic mass is 10.9. The van der Waals surface area contributed by atoms with Gasteiger partial charge in [-0.2, -0.15) is 8.78 Å². The van der Waals surface area contributed by atoms with E-state index in [2.05, 4.69) is 5.87 Å². The van der Waals surface area contributed by atoms with Gasteiger partial charge in [0.25, 0.3) is 0 Å². The molecule has 1 unspecified atom stereocenters. The van der Waals surface area contributed by atoms with E-state index in [1.54, 1.807) is 0 Å². The summed E-state index contributed by atoms with van der Waals surface area (Å²) in [6.07, 6.45) is 0. The maximum absolute atomic E-state index is 11.5. The highest BCUT2D eigenvalue weighted by atomic mass is 32.2. The smallest absolute Gasteiger partial charge is 0.307 e. The van der Waals surface area contributed by atoms with Crippen LogP contribution in [0.5, 0.6) is 0 Å². The van der Waals surface area contributed by atoms with Crippen LogP contribution in [0.25, 0.3) is 0 Å². The second kappa shape index (κ2) is 1.88. The number of hydrogen-bond donors (Lipinski definition) is 1. The van der Waals surface area contributed by atoms with Crippen molar-refractivity contribution in [3.63, 3.8) is 0 Å². The van der Waals surface area contributed by atoms with E-state index in [-0.39, 0.29) is 0 Å². The molecule has 1 N–H and O–H groups in total. The SMILES string of the molecule is C=S(O)C(C)(F)F. The van der Waals surface area contributed by atoms with Crippen LogP contribution in [-0.4, -0.2) is 15.7 Å². The summed E-state index contributed by atoms with van der Waals surface area (Å²) in [5, 5.41) is -3.03. The molecule has 0 aromatic carbocycles. The summed E-state index contributed by atoms with van der Waals surface area (Å²) in [6, 6.07) is 0. The van der Waals surface area contributed by atoms with Crippen molar-refractivity contribution in [2.45, 2.75) is 12.2 Å². The van der Waals surface area contributed by atoms with Crippen LogP contribution in [0.2, 0.25) is 0 Å². The molecule has 0 saturated heterocycles. The molecule has 4 heteroatoms. The third-order valence-electron chi connectivity index (χ3n) is 0.414. The predicted octanol–water partition coefficient (Wildman–Crippen LogP) is 1.77. The standard InChI is InChI=1S/C3H6F2OS/c1-3(4,5)7(2)6/h6H,2H2,1H3. The first-order chi connectivity index (χ1) is 2.94. The van der Waals surface area contributed by atoms with Gasteiger partial charge in [0.05, 0.1) is 0 Å². The molecular formula is C3H6F2OS. The molecule has 0 fully saturated rings. The minimum atomic E-state index is -3.03. The first kappa shape index (κ1) is 7.04. The molecule has 0 spiro atoms. The van der Waals surface area contributed by atoms with E-state index in [9.17, 15) is 8.78 Å². The summed E-state index contributed by atoms with van der Waals surface area (Å²) in [5.74, 6) is 2.74. The maximum atomic E-state index is 11.5. The fourth-order valence-corrected chi connectivity index (χ4v) is 0. The fraction of sp³-hybridized carbons (Fsp3) is 0.667. The lowest BCUT2D eigenvalue weighted by molar-refractivity contribution is 0.121. The van der Waals surface area contributed by atoms with Gasteiger partial charge in [0.1, 0.15) is 0 Å². The summed E-state index contributed by atoms with van der Waals surface area (Å²) in [4.78, 5) is 0. The minimum Gasteiger partial charge on any atom is -0.333 e. The van der Waals surface area contributed by atoms with Crippen molar-refractivity contribution < 1.29 is 13.3 Å².